The van der Waals surface area contributed by atoms with E-state index in [1.807, 2.05) is 30.3 Å². The summed E-state index contributed by atoms with van der Waals surface area (Å²) in [7, 11) is 0. The van der Waals surface area contributed by atoms with Crippen molar-refractivity contribution in [2.24, 2.45) is 5.73 Å². The summed E-state index contributed by atoms with van der Waals surface area (Å²) in [5.41, 5.74) is 6.42. The first-order valence-corrected chi connectivity index (χ1v) is 9.62. The van der Waals surface area contributed by atoms with E-state index in [1.165, 1.54) is 4.90 Å². The lowest BCUT2D eigenvalue weighted by molar-refractivity contribution is -0.145. The summed E-state index contributed by atoms with van der Waals surface area (Å²) in [4.78, 5) is 38.6. The molecule has 3 N–H and O–H groups in total. The van der Waals surface area contributed by atoms with E-state index in [0.717, 1.165) is 5.56 Å². The van der Waals surface area contributed by atoms with Crippen LogP contribution in [0, 0.1) is 0 Å². The number of nitrogens with zero attached hydrogens (tertiary/aromatic N) is 1. The van der Waals surface area contributed by atoms with Crippen LogP contribution in [0.15, 0.2) is 54.6 Å². The van der Waals surface area contributed by atoms with Crippen molar-refractivity contribution in [2.75, 3.05) is 19.7 Å². The SMILES string of the molecule is NC(=O)C1CN(C(=O)CC(NC(=O)c2ccccc2Cl)c2ccccc2)CCO1. The Morgan fingerprint density at radius 1 is 1.14 bits per heavy atom. The van der Waals surface area contributed by atoms with Crippen molar-refractivity contribution < 1.29 is 19.1 Å². The molecule has 7 nitrogen and oxygen atoms in total. The number of halogens is 1. The fourth-order valence-corrected chi connectivity index (χ4v) is 3.39. The van der Waals surface area contributed by atoms with Crippen LogP contribution in [0.1, 0.15) is 28.4 Å². The lowest BCUT2D eigenvalue weighted by Crippen LogP contribution is -2.51. The van der Waals surface area contributed by atoms with Gasteiger partial charge in [0, 0.05) is 6.54 Å². The van der Waals surface area contributed by atoms with Crippen LogP contribution >= 0.6 is 11.6 Å². The fraction of sp³-hybridized carbons (Fsp3) is 0.286. The molecule has 0 aliphatic carbocycles. The van der Waals surface area contributed by atoms with Crippen LogP contribution in [0.2, 0.25) is 5.02 Å². The van der Waals surface area contributed by atoms with E-state index in [9.17, 15) is 14.4 Å². The molecular formula is C21H22ClN3O4. The van der Waals surface area contributed by atoms with E-state index in [-0.39, 0.29) is 31.4 Å². The van der Waals surface area contributed by atoms with Gasteiger partial charge in [0.15, 0.2) is 6.10 Å². The van der Waals surface area contributed by atoms with E-state index in [0.29, 0.717) is 17.1 Å². The molecule has 2 unspecified atom stereocenters. The van der Waals surface area contributed by atoms with Crippen molar-refractivity contribution in [3.05, 3.63) is 70.7 Å². The zero-order chi connectivity index (χ0) is 20.8. The van der Waals surface area contributed by atoms with Crippen molar-refractivity contribution in [3.8, 4) is 0 Å². The molecule has 2 atom stereocenters. The maximum Gasteiger partial charge on any atom is 0.253 e. The van der Waals surface area contributed by atoms with Crippen molar-refractivity contribution in [1.29, 1.82) is 0 Å². The zero-order valence-corrected chi connectivity index (χ0v) is 16.5. The van der Waals surface area contributed by atoms with Gasteiger partial charge in [-0.15, -0.1) is 0 Å². The van der Waals surface area contributed by atoms with Crippen molar-refractivity contribution in [3.63, 3.8) is 0 Å². The maximum atomic E-state index is 12.9. The smallest absolute Gasteiger partial charge is 0.253 e. The molecule has 29 heavy (non-hydrogen) atoms. The molecule has 152 valence electrons. The second-order valence-electron chi connectivity index (χ2n) is 6.72. The first kappa shape index (κ1) is 20.8. The number of morpholine rings is 1. The number of carbonyl (C=O) groups excluding carboxylic acids is 3. The Morgan fingerprint density at radius 2 is 1.83 bits per heavy atom. The Kier molecular flexibility index (Phi) is 6.85. The Bertz CT molecular complexity index is 891. The zero-order valence-electron chi connectivity index (χ0n) is 15.7. The van der Waals surface area contributed by atoms with Crippen LogP contribution in [-0.4, -0.2) is 48.4 Å². The molecule has 0 bridgehead atoms. The molecule has 2 aromatic carbocycles. The molecule has 1 aliphatic rings. The molecule has 1 aliphatic heterocycles. The van der Waals surface area contributed by atoms with E-state index < -0.39 is 18.1 Å². The Hall–Kier alpha value is -2.90. The topological polar surface area (TPSA) is 102 Å². The first-order chi connectivity index (χ1) is 14.0. The van der Waals surface area contributed by atoms with Crippen LogP contribution in [0.25, 0.3) is 0 Å². The number of hydrogen-bond donors (Lipinski definition) is 2. The van der Waals surface area contributed by atoms with Gasteiger partial charge in [0.2, 0.25) is 11.8 Å². The molecule has 0 spiro atoms. The first-order valence-electron chi connectivity index (χ1n) is 9.24. The lowest BCUT2D eigenvalue weighted by atomic mass is 10.0. The summed E-state index contributed by atoms with van der Waals surface area (Å²) in [6.07, 6.45) is -0.785. The fourth-order valence-electron chi connectivity index (χ4n) is 3.17. The number of ether oxygens (including phenoxy) is 1. The predicted octanol–water partition coefficient (Wildman–Crippen LogP) is 1.91. The molecule has 0 radical (unpaired) electrons. The van der Waals surface area contributed by atoms with E-state index in [2.05, 4.69) is 5.32 Å². The highest BCUT2D eigenvalue weighted by atomic mass is 35.5. The number of rotatable bonds is 6. The van der Waals surface area contributed by atoms with Crippen LogP contribution in [0.4, 0.5) is 0 Å². The number of benzene rings is 2. The minimum absolute atomic E-state index is 0.0334. The van der Waals surface area contributed by atoms with Crippen LogP contribution in [0.3, 0.4) is 0 Å². The van der Waals surface area contributed by atoms with E-state index in [4.69, 9.17) is 22.1 Å². The Balaban J connectivity index is 1.76. The van der Waals surface area contributed by atoms with E-state index in [1.54, 1.807) is 24.3 Å². The molecule has 0 aromatic heterocycles. The second-order valence-corrected chi connectivity index (χ2v) is 7.13. The predicted molar refractivity (Wildman–Crippen MR) is 108 cm³/mol. The summed E-state index contributed by atoms with van der Waals surface area (Å²) in [6.45, 7) is 0.706. The van der Waals surface area contributed by atoms with Gasteiger partial charge in [-0.2, -0.15) is 0 Å². The van der Waals surface area contributed by atoms with Crippen molar-refractivity contribution in [1.82, 2.24) is 10.2 Å². The van der Waals surface area contributed by atoms with Gasteiger partial charge in [-0.3, -0.25) is 14.4 Å². The molecular weight excluding hydrogens is 394 g/mol. The van der Waals surface area contributed by atoms with Gasteiger partial charge in [-0.25, -0.2) is 0 Å². The van der Waals surface area contributed by atoms with Gasteiger partial charge in [0.1, 0.15) is 0 Å². The molecule has 2 aromatic rings. The van der Waals surface area contributed by atoms with Crippen LogP contribution in [-0.2, 0) is 14.3 Å². The summed E-state index contributed by atoms with van der Waals surface area (Å²) < 4.78 is 5.29. The number of nitrogens with one attached hydrogen (secondary N) is 1. The minimum atomic E-state index is -0.819. The molecule has 0 saturated carbocycles. The van der Waals surface area contributed by atoms with Crippen LogP contribution in [0.5, 0.6) is 0 Å². The maximum absolute atomic E-state index is 12.9. The highest BCUT2D eigenvalue weighted by molar-refractivity contribution is 6.33. The quantitative estimate of drug-likeness (QED) is 0.752. The third kappa shape index (κ3) is 5.34. The van der Waals surface area contributed by atoms with Crippen molar-refractivity contribution in [2.45, 2.75) is 18.6 Å². The summed E-state index contributed by atoms with van der Waals surface area (Å²) >= 11 is 6.13. The van der Waals surface area contributed by atoms with Gasteiger partial charge in [0.25, 0.3) is 5.91 Å². The molecule has 8 heteroatoms. The number of nitrogens with two attached hydrogens (primary N) is 1. The molecule has 1 heterocycles. The summed E-state index contributed by atoms with van der Waals surface area (Å²) in [5, 5.41) is 3.23. The van der Waals surface area contributed by atoms with Crippen LogP contribution < -0.4 is 11.1 Å². The standard InChI is InChI=1S/C21H22ClN3O4/c22-16-9-5-4-8-15(16)21(28)24-17(14-6-2-1-3-7-14)12-19(26)25-10-11-29-18(13-25)20(23)27/h1-9,17-18H,10-13H2,(H2,23,27)(H,24,28). The monoisotopic (exact) mass is 415 g/mol. The third-order valence-corrected chi connectivity index (χ3v) is 5.07. The number of hydrogen-bond acceptors (Lipinski definition) is 4. The molecule has 1 saturated heterocycles. The third-order valence-electron chi connectivity index (χ3n) is 4.74. The number of primary amides is 1. The van der Waals surface area contributed by atoms with Gasteiger partial charge in [-0.05, 0) is 17.7 Å². The number of amides is 3. The molecule has 1 fully saturated rings. The lowest BCUT2D eigenvalue weighted by Gasteiger charge is -2.32. The van der Waals surface area contributed by atoms with Gasteiger partial charge >= 0.3 is 0 Å². The van der Waals surface area contributed by atoms with Gasteiger partial charge < -0.3 is 20.7 Å². The van der Waals surface area contributed by atoms with E-state index >= 15 is 0 Å². The Morgan fingerprint density at radius 3 is 2.52 bits per heavy atom. The molecule has 3 rings (SSSR count). The van der Waals surface area contributed by atoms with Crippen molar-refractivity contribution >= 4 is 29.3 Å². The normalized spacial score (nSPS) is 17.4. The minimum Gasteiger partial charge on any atom is -0.367 e. The summed E-state index contributed by atoms with van der Waals surface area (Å²) in [6, 6.07) is 15.4. The number of carbonyl (C=O) groups is 3. The highest BCUT2D eigenvalue weighted by Gasteiger charge is 2.30. The average Bonchev–Trinajstić information content (AvgIpc) is 2.74. The average molecular weight is 416 g/mol. The largest absolute Gasteiger partial charge is 0.367 e. The highest BCUT2D eigenvalue weighted by Crippen LogP contribution is 2.21. The Labute approximate surface area is 173 Å². The molecule has 3 amide bonds. The van der Waals surface area contributed by atoms with Gasteiger partial charge in [0.05, 0.1) is 36.2 Å². The summed E-state index contributed by atoms with van der Waals surface area (Å²) in [5.74, 6) is -1.17. The van der Waals surface area contributed by atoms with Gasteiger partial charge in [-0.1, -0.05) is 54.1 Å². The second kappa shape index (κ2) is 9.54.